The first kappa shape index (κ1) is 35.0. The second kappa shape index (κ2) is 17.1. The standard InChI is InChI=1S/2C19H21NO3/c2*1-20(2)16-7-5-6-15(12-16)19(21)9-8-14-10-17(22-3)13-18(11-14)23-4/h2*5-13H,1-4H3/b2*9-8+. The van der Waals surface area contributed by atoms with E-state index in [2.05, 4.69) is 0 Å². The summed E-state index contributed by atoms with van der Waals surface area (Å²) in [7, 11) is 14.2. The smallest absolute Gasteiger partial charge is 0.185 e. The first-order valence-electron chi connectivity index (χ1n) is 14.5. The molecule has 8 heteroatoms. The predicted molar refractivity (Wildman–Crippen MR) is 187 cm³/mol. The van der Waals surface area contributed by atoms with Gasteiger partial charge in [0.2, 0.25) is 0 Å². The summed E-state index contributed by atoms with van der Waals surface area (Å²) in [6, 6.07) is 26.0. The van der Waals surface area contributed by atoms with E-state index < -0.39 is 0 Å². The minimum atomic E-state index is -0.0458. The van der Waals surface area contributed by atoms with Crippen LogP contribution < -0.4 is 28.7 Å². The van der Waals surface area contributed by atoms with Crippen LogP contribution in [0.1, 0.15) is 31.8 Å². The zero-order valence-corrected chi connectivity index (χ0v) is 27.7. The maximum Gasteiger partial charge on any atom is 0.185 e. The molecule has 0 radical (unpaired) electrons. The van der Waals surface area contributed by atoms with Gasteiger partial charge < -0.3 is 28.7 Å². The molecule has 0 unspecified atom stereocenters. The van der Waals surface area contributed by atoms with Crippen LogP contribution in [0.2, 0.25) is 0 Å². The molecule has 4 aromatic rings. The van der Waals surface area contributed by atoms with Crippen molar-refractivity contribution in [1.29, 1.82) is 0 Å². The lowest BCUT2D eigenvalue weighted by Crippen LogP contribution is -2.09. The normalized spacial score (nSPS) is 10.6. The highest BCUT2D eigenvalue weighted by atomic mass is 16.5. The Morgan fingerprint density at radius 1 is 0.500 bits per heavy atom. The molecule has 4 aromatic carbocycles. The molecule has 0 saturated heterocycles. The second-order valence-electron chi connectivity index (χ2n) is 10.6. The van der Waals surface area contributed by atoms with Gasteiger partial charge in [0, 0.05) is 62.8 Å². The van der Waals surface area contributed by atoms with Gasteiger partial charge in [0.1, 0.15) is 23.0 Å². The summed E-state index contributed by atoms with van der Waals surface area (Å²) in [5, 5.41) is 0. The third-order valence-electron chi connectivity index (χ3n) is 6.90. The number of hydrogen-bond donors (Lipinski definition) is 0. The molecule has 4 rings (SSSR count). The molecule has 0 atom stereocenters. The van der Waals surface area contributed by atoms with Crippen molar-refractivity contribution in [3.8, 4) is 23.0 Å². The molecule has 0 saturated carbocycles. The minimum absolute atomic E-state index is 0.0458. The fourth-order valence-corrected chi connectivity index (χ4v) is 4.26. The zero-order chi connectivity index (χ0) is 33.6. The van der Waals surface area contributed by atoms with Crippen molar-refractivity contribution in [1.82, 2.24) is 0 Å². The van der Waals surface area contributed by atoms with Gasteiger partial charge in [-0.25, -0.2) is 0 Å². The fraction of sp³-hybridized carbons (Fsp3) is 0.211. The Morgan fingerprint density at radius 3 is 1.11 bits per heavy atom. The summed E-state index contributed by atoms with van der Waals surface area (Å²) in [6.07, 6.45) is 6.64. The number of rotatable bonds is 12. The molecular weight excluding hydrogens is 580 g/mol. The van der Waals surface area contributed by atoms with Crippen molar-refractivity contribution in [3.63, 3.8) is 0 Å². The highest BCUT2D eigenvalue weighted by Crippen LogP contribution is 2.25. The van der Waals surface area contributed by atoms with Gasteiger partial charge in [0.05, 0.1) is 28.4 Å². The summed E-state index contributed by atoms with van der Waals surface area (Å²) in [6.45, 7) is 0. The molecule has 46 heavy (non-hydrogen) atoms. The first-order chi connectivity index (χ1) is 22.1. The van der Waals surface area contributed by atoms with Crippen molar-refractivity contribution in [2.75, 3.05) is 66.4 Å². The Balaban J connectivity index is 0.000000250. The van der Waals surface area contributed by atoms with Crippen LogP contribution in [0, 0.1) is 0 Å². The average Bonchev–Trinajstić information content (AvgIpc) is 3.09. The Bertz CT molecular complexity index is 1520. The van der Waals surface area contributed by atoms with Crippen molar-refractivity contribution in [3.05, 3.63) is 119 Å². The summed E-state index contributed by atoms with van der Waals surface area (Å²) in [5.41, 5.74) is 4.99. The van der Waals surface area contributed by atoms with E-state index in [1.165, 1.54) is 0 Å². The van der Waals surface area contributed by atoms with E-state index in [1.54, 1.807) is 64.9 Å². The second-order valence-corrected chi connectivity index (χ2v) is 10.6. The van der Waals surface area contributed by atoms with E-state index in [4.69, 9.17) is 18.9 Å². The van der Waals surface area contributed by atoms with Gasteiger partial charge in [-0.1, -0.05) is 36.4 Å². The predicted octanol–water partition coefficient (Wildman–Crippen LogP) is 7.33. The van der Waals surface area contributed by atoms with Crippen molar-refractivity contribution in [2.24, 2.45) is 0 Å². The lowest BCUT2D eigenvalue weighted by Gasteiger charge is -2.12. The lowest BCUT2D eigenvalue weighted by molar-refractivity contribution is 0.104. The Hall–Kier alpha value is -5.50. The van der Waals surface area contributed by atoms with Crippen LogP contribution in [-0.4, -0.2) is 68.2 Å². The Labute approximate surface area is 272 Å². The molecule has 8 nitrogen and oxygen atoms in total. The number of ether oxygens (including phenoxy) is 4. The molecule has 0 aliphatic rings. The summed E-state index contributed by atoms with van der Waals surface area (Å²) in [4.78, 5) is 28.6. The SMILES string of the molecule is COc1cc(/C=C/C(=O)c2cccc(N(C)C)c2)cc(OC)c1.COc1cc(/C=C/C(=O)c2cccc(N(C)C)c2)cc(OC)c1. The third kappa shape index (κ3) is 10.3. The number of allylic oxidation sites excluding steroid dienone is 2. The molecule has 0 spiro atoms. The number of nitrogens with zero attached hydrogens (tertiary/aromatic N) is 2. The molecule has 0 aliphatic heterocycles. The summed E-state index contributed by atoms with van der Waals surface area (Å²) < 4.78 is 20.9. The molecule has 0 fully saturated rings. The van der Waals surface area contributed by atoms with E-state index in [9.17, 15) is 9.59 Å². The molecule has 0 amide bonds. The quantitative estimate of drug-likeness (QED) is 0.120. The van der Waals surface area contributed by atoms with Crippen LogP contribution in [0.3, 0.4) is 0 Å². The maximum absolute atomic E-state index is 12.3. The summed E-state index contributed by atoms with van der Waals surface area (Å²) in [5.74, 6) is 2.65. The van der Waals surface area contributed by atoms with Crippen LogP contribution in [0.15, 0.2) is 97.1 Å². The fourth-order valence-electron chi connectivity index (χ4n) is 4.26. The number of methoxy groups -OCH3 is 4. The largest absolute Gasteiger partial charge is 0.497 e. The Kier molecular flexibility index (Phi) is 13.0. The van der Waals surface area contributed by atoms with Crippen molar-refractivity contribution < 1.29 is 28.5 Å². The molecule has 0 heterocycles. The van der Waals surface area contributed by atoms with Crippen molar-refractivity contribution >= 4 is 35.1 Å². The number of anilines is 2. The maximum atomic E-state index is 12.3. The van der Waals surface area contributed by atoms with Crippen molar-refractivity contribution in [2.45, 2.75) is 0 Å². The number of carbonyl (C=O) groups is 2. The minimum Gasteiger partial charge on any atom is -0.497 e. The van der Waals surface area contributed by atoms with Crippen LogP contribution in [0.5, 0.6) is 23.0 Å². The average molecular weight is 623 g/mol. The number of ketones is 2. The number of carbonyl (C=O) groups excluding carboxylic acids is 2. The van der Waals surface area contributed by atoms with Gasteiger partial charge in [0.25, 0.3) is 0 Å². The van der Waals surface area contributed by atoms with E-state index in [-0.39, 0.29) is 11.6 Å². The highest BCUT2D eigenvalue weighted by molar-refractivity contribution is 6.08. The van der Waals surface area contributed by atoms with Gasteiger partial charge in [-0.15, -0.1) is 0 Å². The third-order valence-corrected chi connectivity index (χ3v) is 6.90. The van der Waals surface area contributed by atoms with Gasteiger partial charge in [-0.05, 0) is 71.8 Å². The van der Waals surface area contributed by atoms with Crippen LogP contribution >= 0.6 is 0 Å². The van der Waals surface area contributed by atoms with E-state index >= 15 is 0 Å². The topological polar surface area (TPSA) is 77.5 Å². The van der Waals surface area contributed by atoms with Gasteiger partial charge in [0.15, 0.2) is 11.6 Å². The van der Waals surface area contributed by atoms with Crippen LogP contribution in [0.25, 0.3) is 12.2 Å². The molecule has 240 valence electrons. The lowest BCUT2D eigenvalue weighted by atomic mass is 10.1. The van der Waals surface area contributed by atoms with E-state index in [0.29, 0.717) is 34.1 Å². The summed E-state index contributed by atoms with van der Waals surface area (Å²) >= 11 is 0. The molecule has 0 bridgehead atoms. The van der Waals surface area contributed by atoms with Gasteiger partial charge >= 0.3 is 0 Å². The molecular formula is C38H42N2O6. The highest BCUT2D eigenvalue weighted by Gasteiger charge is 2.07. The van der Waals surface area contributed by atoms with Gasteiger partial charge in [-0.2, -0.15) is 0 Å². The monoisotopic (exact) mass is 622 g/mol. The van der Waals surface area contributed by atoms with E-state index in [1.807, 2.05) is 111 Å². The van der Waals surface area contributed by atoms with Crippen LogP contribution in [0.4, 0.5) is 11.4 Å². The number of benzene rings is 4. The van der Waals surface area contributed by atoms with Gasteiger partial charge in [-0.3, -0.25) is 9.59 Å². The zero-order valence-electron chi connectivity index (χ0n) is 27.7. The molecule has 0 N–H and O–H groups in total. The van der Waals surface area contributed by atoms with E-state index in [0.717, 1.165) is 22.5 Å². The number of hydrogen-bond acceptors (Lipinski definition) is 8. The van der Waals surface area contributed by atoms with Crippen LogP contribution in [-0.2, 0) is 0 Å². The first-order valence-corrected chi connectivity index (χ1v) is 14.5. The molecule has 0 aromatic heterocycles. The molecule has 0 aliphatic carbocycles. The Morgan fingerprint density at radius 2 is 0.826 bits per heavy atom.